The third-order valence-corrected chi connectivity index (χ3v) is 2.94. The Kier molecular flexibility index (Phi) is 2.76. The summed E-state index contributed by atoms with van der Waals surface area (Å²) in [6, 6.07) is 7.41. The van der Waals surface area contributed by atoms with Gasteiger partial charge in [-0.1, -0.05) is 18.2 Å². The minimum absolute atomic E-state index is 0.121. The van der Waals surface area contributed by atoms with Crippen molar-refractivity contribution in [1.29, 1.82) is 0 Å². The summed E-state index contributed by atoms with van der Waals surface area (Å²) < 4.78 is 0. The van der Waals surface area contributed by atoms with E-state index in [1.807, 2.05) is 25.1 Å². The molecule has 0 unspecified atom stereocenters. The van der Waals surface area contributed by atoms with E-state index >= 15 is 0 Å². The Balaban J connectivity index is 2.14. The zero-order valence-electron chi connectivity index (χ0n) is 10.4. The Morgan fingerprint density at radius 2 is 1.95 bits per heavy atom. The van der Waals surface area contributed by atoms with Gasteiger partial charge >= 0.3 is 0 Å². The second kappa shape index (κ2) is 4.57. The normalized spacial score (nSPS) is 10.6. The number of rotatable bonds is 2. The van der Waals surface area contributed by atoms with E-state index in [0.29, 0.717) is 11.3 Å². The van der Waals surface area contributed by atoms with Crippen LogP contribution in [-0.2, 0) is 0 Å². The fraction of sp³-hybridized carbons (Fsp3) is 0.0667. The minimum Gasteiger partial charge on any atom is -0.287 e. The van der Waals surface area contributed by atoms with Crippen LogP contribution < -0.4 is 0 Å². The summed E-state index contributed by atoms with van der Waals surface area (Å²) in [5.41, 5.74) is 1.77. The van der Waals surface area contributed by atoms with Gasteiger partial charge in [0, 0.05) is 29.5 Å². The van der Waals surface area contributed by atoms with Gasteiger partial charge in [0.2, 0.25) is 5.78 Å². The molecule has 0 bridgehead atoms. The standard InChI is InChI=1S/C15H11N3O/c1-10-7-18-14(9-17-10)15(19)13-4-2-3-11-8-16-6-5-12(11)13/h2-9H,1H3. The van der Waals surface area contributed by atoms with Crippen molar-refractivity contribution in [2.24, 2.45) is 0 Å². The number of aryl methyl sites for hydroxylation is 1. The third-order valence-electron chi connectivity index (χ3n) is 2.94. The summed E-state index contributed by atoms with van der Waals surface area (Å²) in [7, 11) is 0. The van der Waals surface area contributed by atoms with Crippen LogP contribution >= 0.6 is 0 Å². The zero-order chi connectivity index (χ0) is 13.2. The molecule has 3 aromatic rings. The van der Waals surface area contributed by atoms with Gasteiger partial charge in [0.15, 0.2) is 0 Å². The first kappa shape index (κ1) is 11.5. The quantitative estimate of drug-likeness (QED) is 0.655. The molecule has 0 fully saturated rings. The predicted octanol–water partition coefficient (Wildman–Crippen LogP) is 2.56. The smallest absolute Gasteiger partial charge is 0.213 e. The molecular formula is C15H11N3O. The van der Waals surface area contributed by atoms with E-state index < -0.39 is 0 Å². The highest BCUT2D eigenvalue weighted by atomic mass is 16.1. The first-order valence-electron chi connectivity index (χ1n) is 5.92. The number of carbonyl (C=O) groups is 1. The van der Waals surface area contributed by atoms with Crippen LogP contribution in [0.1, 0.15) is 21.7 Å². The molecule has 19 heavy (non-hydrogen) atoms. The number of aromatic nitrogens is 3. The van der Waals surface area contributed by atoms with Crippen LogP contribution in [0.4, 0.5) is 0 Å². The average Bonchev–Trinajstić information content (AvgIpc) is 2.47. The average molecular weight is 249 g/mol. The van der Waals surface area contributed by atoms with E-state index in [1.54, 1.807) is 24.7 Å². The SMILES string of the molecule is Cc1cnc(C(=O)c2cccc3cnccc23)cn1. The van der Waals surface area contributed by atoms with E-state index in [9.17, 15) is 4.79 Å². The predicted molar refractivity (Wildman–Crippen MR) is 71.9 cm³/mol. The highest BCUT2D eigenvalue weighted by Crippen LogP contribution is 2.19. The zero-order valence-corrected chi connectivity index (χ0v) is 10.4. The van der Waals surface area contributed by atoms with E-state index in [-0.39, 0.29) is 5.78 Å². The Morgan fingerprint density at radius 1 is 1.05 bits per heavy atom. The molecule has 0 N–H and O–H groups in total. The maximum absolute atomic E-state index is 12.4. The lowest BCUT2D eigenvalue weighted by atomic mass is 10.0. The Labute approximate surface area is 110 Å². The largest absolute Gasteiger partial charge is 0.287 e. The lowest BCUT2D eigenvalue weighted by molar-refractivity contribution is 0.103. The molecular weight excluding hydrogens is 238 g/mol. The van der Waals surface area contributed by atoms with Gasteiger partial charge in [-0.25, -0.2) is 4.98 Å². The van der Waals surface area contributed by atoms with E-state index in [4.69, 9.17) is 0 Å². The van der Waals surface area contributed by atoms with Crippen molar-refractivity contribution < 1.29 is 4.79 Å². The van der Waals surface area contributed by atoms with Gasteiger partial charge in [0.05, 0.1) is 11.9 Å². The molecule has 0 saturated carbocycles. The van der Waals surface area contributed by atoms with Gasteiger partial charge in [-0.3, -0.25) is 14.8 Å². The maximum atomic E-state index is 12.4. The van der Waals surface area contributed by atoms with Crippen LogP contribution in [0.25, 0.3) is 10.8 Å². The molecule has 0 amide bonds. The Bertz CT molecular complexity index is 745. The topological polar surface area (TPSA) is 55.7 Å². The summed E-state index contributed by atoms with van der Waals surface area (Å²) in [5, 5.41) is 1.82. The molecule has 1 aromatic carbocycles. The van der Waals surface area contributed by atoms with Gasteiger partial charge in [-0.05, 0) is 18.4 Å². The highest BCUT2D eigenvalue weighted by Gasteiger charge is 2.13. The number of pyridine rings is 1. The molecule has 4 heteroatoms. The van der Waals surface area contributed by atoms with Crippen molar-refractivity contribution in [2.75, 3.05) is 0 Å². The van der Waals surface area contributed by atoms with Crippen molar-refractivity contribution in [3.8, 4) is 0 Å². The molecule has 0 atom stereocenters. The number of fused-ring (bicyclic) bond motifs is 1. The molecule has 4 nitrogen and oxygen atoms in total. The fourth-order valence-corrected chi connectivity index (χ4v) is 1.97. The number of ketones is 1. The first-order chi connectivity index (χ1) is 9.25. The number of nitrogens with zero attached hydrogens (tertiary/aromatic N) is 3. The lowest BCUT2D eigenvalue weighted by Crippen LogP contribution is -2.05. The Hall–Kier alpha value is -2.62. The summed E-state index contributed by atoms with van der Waals surface area (Å²) in [5.74, 6) is -0.121. The van der Waals surface area contributed by atoms with Crippen LogP contribution in [0.5, 0.6) is 0 Å². The summed E-state index contributed by atoms with van der Waals surface area (Å²) in [6.07, 6.45) is 6.53. The minimum atomic E-state index is -0.121. The van der Waals surface area contributed by atoms with Crippen molar-refractivity contribution in [2.45, 2.75) is 6.92 Å². The highest BCUT2D eigenvalue weighted by molar-refractivity contribution is 6.15. The van der Waals surface area contributed by atoms with Crippen LogP contribution in [0.2, 0.25) is 0 Å². The second-order valence-corrected chi connectivity index (χ2v) is 4.27. The summed E-state index contributed by atoms with van der Waals surface area (Å²) >= 11 is 0. The molecule has 2 heterocycles. The molecule has 0 aliphatic carbocycles. The van der Waals surface area contributed by atoms with Crippen molar-refractivity contribution in [1.82, 2.24) is 15.0 Å². The molecule has 3 rings (SSSR count). The Morgan fingerprint density at radius 3 is 2.74 bits per heavy atom. The van der Waals surface area contributed by atoms with Crippen molar-refractivity contribution >= 4 is 16.6 Å². The summed E-state index contributed by atoms with van der Waals surface area (Å²) in [4.78, 5) is 24.8. The number of carbonyl (C=O) groups excluding carboxylic acids is 1. The van der Waals surface area contributed by atoms with Crippen molar-refractivity contribution in [3.63, 3.8) is 0 Å². The van der Waals surface area contributed by atoms with E-state index in [0.717, 1.165) is 16.5 Å². The lowest BCUT2D eigenvalue weighted by Gasteiger charge is -2.04. The fourth-order valence-electron chi connectivity index (χ4n) is 1.97. The van der Waals surface area contributed by atoms with Crippen LogP contribution in [0.3, 0.4) is 0 Å². The van der Waals surface area contributed by atoms with Gasteiger partial charge in [0.1, 0.15) is 5.69 Å². The first-order valence-corrected chi connectivity index (χ1v) is 5.92. The van der Waals surface area contributed by atoms with Gasteiger partial charge in [-0.2, -0.15) is 0 Å². The number of hydrogen-bond donors (Lipinski definition) is 0. The molecule has 0 radical (unpaired) electrons. The van der Waals surface area contributed by atoms with Gasteiger partial charge in [0.25, 0.3) is 0 Å². The molecule has 2 aromatic heterocycles. The second-order valence-electron chi connectivity index (χ2n) is 4.27. The molecule has 92 valence electrons. The van der Waals surface area contributed by atoms with Gasteiger partial charge < -0.3 is 0 Å². The molecule has 0 saturated heterocycles. The van der Waals surface area contributed by atoms with E-state index in [1.165, 1.54) is 6.20 Å². The van der Waals surface area contributed by atoms with Crippen molar-refractivity contribution in [3.05, 3.63) is 66.0 Å². The molecule has 0 aliphatic rings. The molecule has 0 spiro atoms. The summed E-state index contributed by atoms with van der Waals surface area (Å²) in [6.45, 7) is 1.84. The van der Waals surface area contributed by atoms with Gasteiger partial charge in [-0.15, -0.1) is 0 Å². The third kappa shape index (κ3) is 2.08. The van der Waals surface area contributed by atoms with Crippen LogP contribution in [0.15, 0.2) is 49.1 Å². The number of benzene rings is 1. The van der Waals surface area contributed by atoms with Crippen LogP contribution in [-0.4, -0.2) is 20.7 Å². The van der Waals surface area contributed by atoms with Crippen LogP contribution in [0, 0.1) is 6.92 Å². The maximum Gasteiger partial charge on any atom is 0.213 e. The monoisotopic (exact) mass is 249 g/mol. The van der Waals surface area contributed by atoms with E-state index in [2.05, 4.69) is 15.0 Å². The number of hydrogen-bond acceptors (Lipinski definition) is 4. The molecule has 0 aliphatic heterocycles.